The maximum atomic E-state index is 12.3. The van der Waals surface area contributed by atoms with Crippen molar-refractivity contribution in [1.29, 1.82) is 0 Å². The van der Waals surface area contributed by atoms with Gasteiger partial charge < -0.3 is 10.6 Å². The first kappa shape index (κ1) is 13.3. The lowest BCUT2D eigenvalue weighted by Crippen LogP contribution is -2.21. The van der Waals surface area contributed by atoms with Gasteiger partial charge in [0.2, 0.25) is 0 Å². The molecule has 0 heterocycles. The van der Waals surface area contributed by atoms with Gasteiger partial charge >= 0.3 is 0 Å². The molecule has 2 aromatic carbocycles. The average molecular weight is 254 g/mol. The summed E-state index contributed by atoms with van der Waals surface area (Å²) in [5.41, 5.74) is 8.55. The van der Waals surface area contributed by atoms with Crippen molar-refractivity contribution in [2.45, 2.75) is 6.04 Å². The molecule has 0 spiro atoms. The fraction of sp³-hybridized carbons (Fsp3) is 0.188. The van der Waals surface area contributed by atoms with Gasteiger partial charge in [-0.1, -0.05) is 30.3 Å². The summed E-state index contributed by atoms with van der Waals surface area (Å²) in [5.74, 6) is -0.0588. The van der Waals surface area contributed by atoms with Gasteiger partial charge in [0.25, 0.3) is 0 Å². The minimum Gasteiger partial charge on any atom is -0.378 e. The van der Waals surface area contributed by atoms with Gasteiger partial charge in [0.05, 0.1) is 6.04 Å². The fourth-order valence-corrected chi connectivity index (χ4v) is 1.92. The SMILES string of the molecule is CN(C)c1ccc(C(=O)C(N)c2ccccc2)cc1. The molecule has 98 valence electrons. The summed E-state index contributed by atoms with van der Waals surface area (Å²) in [6, 6.07) is 16.3. The van der Waals surface area contributed by atoms with Gasteiger partial charge in [-0.05, 0) is 29.8 Å². The lowest BCUT2D eigenvalue weighted by atomic mass is 9.98. The van der Waals surface area contributed by atoms with Crippen LogP contribution in [-0.4, -0.2) is 19.9 Å². The Balaban J connectivity index is 2.20. The number of carbonyl (C=O) groups is 1. The first-order chi connectivity index (χ1) is 9.09. The number of hydrogen-bond donors (Lipinski definition) is 1. The molecule has 0 fully saturated rings. The van der Waals surface area contributed by atoms with Crippen molar-refractivity contribution in [3.8, 4) is 0 Å². The molecule has 0 bridgehead atoms. The molecule has 0 saturated carbocycles. The van der Waals surface area contributed by atoms with Gasteiger partial charge in [0.1, 0.15) is 0 Å². The molecule has 0 radical (unpaired) electrons. The molecule has 0 aliphatic carbocycles. The Morgan fingerprint density at radius 2 is 1.58 bits per heavy atom. The van der Waals surface area contributed by atoms with Crippen molar-refractivity contribution in [1.82, 2.24) is 0 Å². The predicted octanol–water partition coefficient (Wildman–Crippen LogP) is 2.64. The summed E-state index contributed by atoms with van der Waals surface area (Å²) < 4.78 is 0. The number of hydrogen-bond acceptors (Lipinski definition) is 3. The van der Waals surface area contributed by atoms with Gasteiger partial charge in [-0.15, -0.1) is 0 Å². The van der Waals surface area contributed by atoms with Gasteiger partial charge in [-0.3, -0.25) is 4.79 Å². The Bertz CT molecular complexity index is 547. The van der Waals surface area contributed by atoms with E-state index in [2.05, 4.69) is 0 Å². The van der Waals surface area contributed by atoms with Crippen LogP contribution in [0.4, 0.5) is 5.69 Å². The van der Waals surface area contributed by atoms with Crippen molar-refractivity contribution in [3.63, 3.8) is 0 Å². The zero-order chi connectivity index (χ0) is 13.8. The van der Waals surface area contributed by atoms with Crippen LogP contribution in [0.25, 0.3) is 0 Å². The normalized spacial score (nSPS) is 11.9. The van der Waals surface area contributed by atoms with E-state index in [4.69, 9.17) is 5.73 Å². The van der Waals surface area contributed by atoms with Crippen LogP contribution in [0.3, 0.4) is 0 Å². The number of nitrogens with two attached hydrogens (primary N) is 1. The lowest BCUT2D eigenvalue weighted by Gasteiger charge is -2.14. The van der Waals surface area contributed by atoms with Crippen LogP contribution < -0.4 is 10.6 Å². The van der Waals surface area contributed by atoms with E-state index in [-0.39, 0.29) is 5.78 Å². The molecule has 19 heavy (non-hydrogen) atoms. The van der Waals surface area contributed by atoms with Crippen LogP contribution in [-0.2, 0) is 0 Å². The van der Waals surface area contributed by atoms with Crippen molar-refractivity contribution in [3.05, 3.63) is 65.7 Å². The Kier molecular flexibility index (Phi) is 3.97. The number of benzene rings is 2. The summed E-state index contributed by atoms with van der Waals surface area (Å²) in [6.45, 7) is 0. The molecule has 0 aliphatic rings. The van der Waals surface area contributed by atoms with E-state index in [1.807, 2.05) is 73.6 Å². The summed E-state index contributed by atoms with van der Waals surface area (Å²) in [6.07, 6.45) is 0. The predicted molar refractivity (Wildman–Crippen MR) is 78.5 cm³/mol. The van der Waals surface area contributed by atoms with Crippen LogP contribution in [0, 0.1) is 0 Å². The molecule has 1 atom stereocenters. The quantitative estimate of drug-likeness (QED) is 0.853. The third-order valence-corrected chi connectivity index (χ3v) is 3.11. The Hall–Kier alpha value is -2.13. The van der Waals surface area contributed by atoms with Crippen LogP contribution >= 0.6 is 0 Å². The average Bonchev–Trinajstić information content (AvgIpc) is 2.46. The minimum atomic E-state index is -0.605. The lowest BCUT2D eigenvalue weighted by molar-refractivity contribution is 0.0961. The molecule has 2 N–H and O–H groups in total. The van der Waals surface area contributed by atoms with Gasteiger partial charge in [0, 0.05) is 25.3 Å². The van der Waals surface area contributed by atoms with Crippen LogP contribution in [0.1, 0.15) is 22.0 Å². The third-order valence-electron chi connectivity index (χ3n) is 3.11. The van der Waals surface area contributed by atoms with Crippen molar-refractivity contribution < 1.29 is 4.79 Å². The second-order valence-corrected chi connectivity index (χ2v) is 4.69. The zero-order valence-electron chi connectivity index (χ0n) is 11.2. The summed E-state index contributed by atoms with van der Waals surface area (Å²) in [7, 11) is 3.93. The van der Waals surface area contributed by atoms with E-state index < -0.39 is 6.04 Å². The minimum absolute atomic E-state index is 0.0588. The molecule has 0 aliphatic heterocycles. The highest BCUT2D eigenvalue weighted by Gasteiger charge is 2.17. The highest BCUT2D eigenvalue weighted by molar-refractivity contribution is 6.00. The first-order valence-electron chi connectivity index (χ1n) is 6.21. The number of rotatable bonds is 4. The molecular weight excluding hydrogens is 236 g/mol. The Morgan fingerprint density at radius 1 is 1.00 bits per heavy atom. The van der Waals surface area contributed by atoms with Gasteiger partial charge in [-0.25, -0.2) is 0 Å². The highest BCUT2D eigenvalue weighted by Crippen LogP contribution is 2.18. The number of ketones is 1. The smallest absolute Gasteiger partial charge is 0.184 e. The van der Waals surface area contributed by atoms with Crippen LogP contribution in [0.5, 0.6) is 0 Å². The molecule has 2 aromatic rings. The largest absolute Gasteiger partial charge is 0.378 e. The standard InChI is InChI=1S/C16H18N2O/c1-18(2)14-10-8-13(9-11-14)16(19)15(17)12-6-4-3-5-7-12/h3-11,15H,17H2,1-2H3. The molecule has 3 nitrogen and oxygen atoms in total. The fourth-order valence-electron chi connectivity index (χ4n) is 1.92. The highest BCUT2D eigenvalue weighted by atomic mass is 16.1. The molecule has 1 unspecified atom stereocenters. The summed E-state index contributed by atoms with van der Waals surface area (Å²) in [4.78, 5) is 14.3. The molecule has 0 saturated heterocycles. The second kappa shape index (κ2) is 5.67. The third kappa shape index (κ3) is 3.01. The van der Waals surface area contributed by atoms with E-state index in [9.17, 15) is 4.79 Å². The summed E-state index contributed by atoms with van der Waals surface area (Å²) in [5, 5.41) is 0. The van der Waals surface area contributed by atoms with E-state index in [0.29, 0.717) is 5.56 Å². The second-order valence-electron chi connectivity index (χ2n) is 4.69. The number of carbonyl (C=O) groups excluding carboxylic acids is 1. The van der Waals surface area contributed by atoms with Crippen LogP contribution in [0.15, 0.2) is 54.6 Å². The molecule has 0 aromatic heterocycles. The molecular formula is C16H18N2O. The molecule has 3 heteroatoms. The maximum Gasteiger partial charge on any atom is 0.184 e. The van der Waals surface area contributed by atoms with Gasteiger partial charge in [0.15, 0.2) is 5.78 Å². The van der Waals surface area contributed by atoms with Crippen molar-refractivity contribution in [2.24, 2.45) is 5.73 Å². The monoisotopic (exact) mass is 254 g/mol. The van der Waals surface area contributed by atoms with Crippen molar-refractivity contribution >= 4 is 11.5 Å². The van der Waals surface area contributed by atoms with Crippen LogP contribution in [0.2, 0.25) is 0 Å². The first-order valence-corrected chi connectivity index (χ1v) is 6.21. The van der Waals surface area contributed by atoms with Gasteiger partial charge in [-0.2, -0.15) is 0 Å². The Morgan fingerprint density at radius 3 is 2.11 bits per heavy atom. The van der Waals surface area contributed by atoms with E-state index in [1.165, 1.54) is 0 Å². The van der Waals surface area contributed by atoms with E-state index in [0.717, 1.165) is 11.3 Å². The number of Topliss-reactive ketones (excluding diaryl/α,β-unsaturated/α-hetero) is 1. The zero-order valence-corrected chi connectivity index (χ0v) is 11.2. The number of anilines is 1. The molecule has 0 amide bonds. The Labute approximate surface area is 113 Å². The topological polar surface area (TPSA) is 46.3 Å². The van der Waals surface area contributed by atoms with E-state index >= 15 is 0 Å². The molecule has 2 rings (SSSR count). The summed E-state index contributed by atoms with van der Waals surface area (Å²) >= 11 is 0. The number of nitrogens with zero attached hydrogens (tertiary/aromatic N) is 1. The maximum absolute atomic E-state index is 12.3. The van der Waals surface area contributed by atoms with Crippen molar-refractivity contribution in [2.75, 3.05) is 19.0 Å². The van der Waals surface area contributed by atoms with E-state index in [1.54, 1.807) is 0 Å².